The number of likely N-dealkylation sites (tertiary alicyclic amines) is 1. The summed E-state index contributed by atoms with van der Waals surface area (Å²) in [5.41, 5.74) is 1.73. The topological polar surface area (TPSA) is 55.8 Å². The third-order valence-corrected chi connectivity index (χ3v) is 7.55. The van der Waals surface area contributed by atoms with Gasteiger partial charge in [0.2, 0.25) is 11.6 Å². The van der Waals surface area contributed by atoms with E-state index >= 15 is 0 Å². The fraction of sp³-hybridized carbons (Fsp3) is 0.333. The van der Waals surface area contributed by atoms with Gasteiger partial charge in [0.05, 0.1) is 7.11 Å². The molecule has 0 aromatic heterocycles. The Morgan fingerprint density at radius 2 is 1.81 bits per heavy atom. The molecule has 1 saturated heterocycles. The summed E-state index contributed by atoms with van der Waals surface area (Å²) >= 11 is 1.44. The number of fused-ring (bicyclic) bond motifs is 2. The van der Waals surface area contributed by atoms with E-state index in [1.54, 1.807) is 18.2 Å². The lowest BCUT2D eigenvalue weighted by molar-refractivity contribution is -0.111. The van der Waals surface area contributed by atoms with Crippen molar-refractivity contribution in [2.45, 2.75) is 25.0 Å². The second-order valence-corrected chi connectivity index (χ2v) is 9.19. The van der Waals surface area contributed by atoms with Crippen LogP contribution in [0.15, 0.2) is 47.4 Å². The smallest absolute Gasteiger partial charge is 0.243 e. The normalized spacial score (nSPS) is 20.3. The third kappa shape index (κ3) is 3.66. The lowest BCUT2D eigenvalue weighted by atomic mass is 9.89. The van der Waals surface area contributed by atoms with Crippen molar-refractivity contribution in [3.05, 3.63) is 69.9 Å². The molecule has 5 rings (SSSR count). The number of Topliss-reactive ketones (excluding diaryl/α,β-unsaturated/α-hetero) is 2. The van der Waals surface area contributed by atoms with Gasteiger partial charge < -0.3 is 9.47 Å². The van der Waals surface area contributed by atoms with Crippen LogP contribution in [0.3, 0.4) is 0 Å². The first kappa shape index (κ1) is 20.3. The molecule has 2 heterocycles. The Hall–Kier alpha value is -2.64. The monoisotopic (exact) mass is 439 g/mol. The Labute approximate surface area is 184 Å². The first-order chi connectivity index (χ1) is 15.0. The first-order valence-electron chi connectivity index (χ1n) is 10.3. The van der Waals surface area contributed by atoms with E-state index in [0.717, 1.165) is 38.0 Å². The number of halogens is 1. The largest absolute Gasteiger partial charge is 0.497 e. The maximum Gasteiger partial charge on any atom is 0.243 e. The molecule has 2 aromatic carbocycles. The molecule has 0 atom stereocenters. The average Bonchev–Trinajstić information content (AvgIpc) is 2.80. The van der Waals surface area contributed by atoms with E-state index in [-0.39, 0.29) is 11.4 Å². The number of rotatable bonds is 3. The van der Waals surface area contributed by atoms with E-state index < -0.39 is 11.6 Å². The van der Waals surface area contributed by atoms with Gasteiger partial charge in [-0.25, -0.2) is 4.39 Å². The molecule has 1 spiro atoms. The molecule has 31 heavy (non-hydrogen) atoms. The number of hydrogen-bond acceptors (Lipinski definition) is 6. The molecule has 1 aliphatic carbocycles. The van der Waals surface area contributed by atoms with E-state index in [4.69, 9.17) is 9.47 Å². The number of benzene rings is 2. The minimum atomic E-state index is -0.506. The van der Waals surface area contributed by atoms with Crippen molar-refractivity contribution >= 4 is 29.1 Å². The predicted molar refractivity (Wildman–Crippen MR) is 116 cm³/mol. The van der Waals surface area contributed by atoms with Crippen LogP contribution in [0, 0.1) is 5.82 Å². The van der Waals surface area contributed by atoms with Gasteiger partial charge in [0.1, 0.15) is 27.8 Å². The van der Waals surface area contributed by atoms with Gasteiger partial charge in [-0.05, 0) is 35.9 Å². The van der Waals surface area contributed by atoms with Crippen LogP contribution in [0.2, 0.25) is 0 Å². The molecular formula is C24H22FNO4S. The summed E-state index contributed by atoms with van der Waals surface area (Å²) in [6.07, 6.45) is 1.65. The van der Waals surface area contributed by atoms with Crippen LogP contribution < -0.4 is 4.74 Å². The van der Waals surface area contributed by atoms with Crippen LogP contribution in [0.4, 0.5) is 4.39 Å². The zero-order valence-electron chi connectivity index (χ0n) is 17.2. The highest BCUT2D eigenvalue weighted by atomic mass is 32.2. The fourth-order valence-electron chi connectivity index (χ4n) is 4.38. The molecular weight excluding hydrogens is 417 g/mol. The second-order valence-electron chi connectivity index (χ2n) is 8.20. The van der Waals surface area contributed by atoms with E-state index in [9.17, 15) is 14.0 Å². The highest BCUT2D eigenvalue weighted by molar-refractivity contribution is 8.04. The lowest BCUT2D eigenvalue weighted by Gasteiger charge is -2.45. The molecule has 5 nitrogen and oxygen atoms in total. The second kappa shape index (κ2) is 7.80. The van der Waals surface area contributed by atoms with Crippen LogP contribution in [-0.4, -0.2) is 48.0 Å². The van der Waals surface area contributed by atoms with Crippen LogP contribution in [0.1, 0.15) is 34.3 Å². The summed E-state index contributed by atoms with van der Waals surface area (Å²) in [4.78, 5) is 28.1. The summed E-state index contributed by atoms with van der Waals surface area (Å²) in [5.74, 6) is 0.497. The number of carbonyl (C=O) groups is 2. The Morgan fingerprint density at radius 1 is 1.06 bits per heavy atom. The highest BCUT2D eigenvalue weighted by Crippen LogP contribution is 2.47. The number of carbonyl (C=O) groups excluding carboxylic acids is 2. The van der Waals surface area contributed by atoms with E-state index in [2.05, 4.69) is 4.90 Å². The fourth-order valence-corrected chi connectivity index (χ4v) is 5.64. The number of ether oxygens (including phenoxy) is 2. The molecule has 160 valence electrons. The predicted octanol–water partition coefficient (Wildman–Crippen LogP) is 4.07. The van der Waals surface area contributed by atoms with Crippen LogP contribution in [0.5, 0.6) is 5.75 Å². The molecule has 0 N–H and O–H groups in total. The maximum atomic E-state index is 13.2. The number of nitrogens with zero attached hydrogens (tertiary/aromatic N) is 1. The molecule has 1 fully saturated rings. The van der Waals surface area contributed by atoms with E-state index in [1.165, 1.54) is 31.0 Å². The molecule has 7 heteroatoms. The number of hydrogen-bond donors (Lipinski definition) is 0. The summed E-state index contributed by atoms with van der Waals surface area (Å²) in [7, 11) is 1.53. The molecule has 0 bridgehead atoms. The molecule has 2 aromatic rings. The van der Waals surface area contributed by atoms with Crippen molar-refractivity contribution in [2.24, 2.45) is 0 Å². The molecule has 0 unspecified atom stereocenters. The number of methoxy groups -OCH3 is 1. The minimum absolute atomic E-state index is 0.225. The van der Waals surface area contributed by atoms with E-state index in [1.807, 2.05) is 12.1 Å². The molecule has 0 radical (unpaired) electrons. The quantitative estimate of drug-likeness (QED) is 0.672. The zero-order valence-corrected chi connectivity index (χ0v) is 18.0. The molecule has 0 amide bonds. The maximum absolute atomic E-state index is 13.2. The SMILES string of the molecule is COc1ccc2c(c1)C(=O)C(=O)C1=C2OC2(CCN(Cc3ccc(F)cc3)CC2)CS1. The number of ketones is 2. The van der Waals surface area contributed by atoms with Gasteiger partial charge in [-0.2, -0.15) is 0 Å². The highest BCUT2D eigenvalue weighted by Gasteiger charge is 2.46. The Morgan fingerprint density at radius 3 is 2.52 bits per heavy atom. The van der Waals surface area contributed by atoms with Crippen molar-refractivity contribution in [1.29, 1.82) is 0 Å². The Balaban J connectivity index is 1.35. The van der Waals surface area contributed by atoms with Gasteiger partial charge >= 0.3 is 0 Å². The van der Waals surface area contributed by atoms with Crippen molar-refractivity contribution in [2.75, 3.05) is 26.0 Å². The summed E-state index contributed by atoms with van der Waals surface area (Å²) in [5, 5.41) is 0. The minimum Gasteiger partial charge on any atom is -0.497 e. The van der Waals surface area contributed by atoms with Gasteiger partial charge in [0.25, 0.3) is 0 Å². The third-order valence-electron chi connectivity index (χ3n) is 6.22. The van der Waals surface area contributed by atoms with E-state index in [0.29, 0.717) is 33.3 Å². The van der Waals surface area contributed by atoms with Crippen molar-refractivity contribution in [3.8, 4) is 5.75 Å². The van der Waals surface area contributed by atoms with Crippen molar-refractivity contribution in [1.82, 2.24) is 4.90 Å². The van der Waals surface area contributed by atoms with Crippen LogP contribution in [-0.2, 0) is 16.1 Å². The van der Waals surface area contributed by atoms with Gasteiger partial charge in [-0.1, -0.05) is 12.1 Å². The average molecular weight is 440 g/mol. The summed E-state index contributed by atoms with van der Waals surface area (Å²) in [6, 6.07) is 11.8. The van der Waals surface area contributed by atoms with Crippen molar-refractivity contribution in [3.63, 3.8) is 0 Å². The van der Waals surface area contributed by atoms with Gasteiger partial charge in [-0.3, -0.25) is 14.5 Å². The summed E-state index contributed by atoms with van der Waals surface area (Å²) < 4.78 is 24.9. The molecule has 3 aliphatic rings. The number of allylic oxidation sites excluding steroid dienone is 1. The summed E-state index contributed by atoms with van der Waals surface area (Å²) in [6.45, 7) is 2.47. The standard InChI is InChI=1S/C24H22FNO4S/c1-29-17-6-7-18-19(12-17)20(27)21(28)23-22(18)30-24(14-31-23)8-10-26(11-9-24)13-15-2-4-16(25)5-3-15/h2-7,12H,8-11,13-14H2,1H3. The van der Waals surface area contributed by atoms with Crippen LogP contribution >= 0.6 is 11.8 Å². The lowest BCUT2D eigenvalue weighted by Crippen LogP contribution is -2.49. The number of thioether (sulfide) groups is 1. The van der Waals surface area contributed by atoms with Crippen molar-refractivity contribution < 1.29 is 23.5 Å². The molecule has 0 saturated carbocycles. The Kier molecular flexibility index (Phi) is 5.10. The van der Waals surface area contributed by atoms with Gasteiger partial charge in [-0.15, -0.1) is 11.8 Å². The molecule has 2 aliphatic heterocycles. The zero-order chi connectivity index (χ0) is 21.6. The number of piperidine rings is 1. The van der Waals surface area contributed by atoms with Gasteiger partial charge in [0, 0.05) is 49.4 Å². The van der Waals surface area contributed by atoms with Crippen LogP contribution in [0.25, 0.3) is 5.76 Å². The van der Waals surface area contributed by atoms with Gasteiger partial charge in [0.15, 0.2) is 0 Å². The first-order valence-corrected chi connectivity index (χ1v) is 11.3. The Bertz CT molecular complexity index is 1090.